The summed E-state index contributed by atoms with van der Waals surface area (Å²) in [4.78, 5) is 0.603. The maximum atomic E-state index is 10.4. The number of rotatable bonds is 3. The zero-order valence-electron chi connectivity index (χ0n) is 10.7. The number of piperidine rings is 1. The monoisotopic (exact) mass is 270 g/mol. The van der Waals surface area contributed by atoms with Crippen molar-refractivity contribution >= 4 is 10.8 Å². The second-order valence-corrected chi connectivity index (χ2v) is 6.99. The van der Waals surface area contributed by atoms with Crippen LogP contribution >= 0.6 is 10.8 Å². The van der Waals surface area contributed by atoms with E-state index >= 15 is 0 Å². The van der Waals surface area contributed by atoms with Crippen LogP contribution in [0.4, 0.5) is 0 Å². The highest BCUT2D eigenvalue weighted by molar-refractivity contribution is 8.22. The summed E-state index contributed by atoms with van der Waals surface area (Å²) in [6, 6.07) is 7.43. The van der Waals surface area contributed by atoms with Gasteiger partial charge in [-0.05, 0) is 44.4 Å². The van der Waals surface area contributed by atoms with Crippen LogP contribution in [-0.2, 0) is 0 Å². The number of hydrogen-bond donors (Lipinski definition) is 3. The van der Waals surface area contributed by atoms with Crippen molar-refractivity contribution < 1.29 is 9.11 Å². The van der Waals surface area contributed by atoms with Crippen LogP contribution in [0.15, 0.2) is 29.2 Å². The van der Waals surface area contributed by atoms with E-state index in [4.69, 9.17) is 5.73 Å². The molecule has 1 fully saturated rings. The van der Waals surface area contributed by atoms with Crippen molar-refractivity contribution in [2.45, 2.75) is 24.7 Å². The van der Waals surface area contributed by atoms with E-state index in [-0.39, 0.29) is 0 Å². The van der Waals surface area contributed by atoms with Crippen molar-refractivity contribution in [3.8, 4) is 0 Å². The standard InChI is InChI=1S/C13H22N2O2S/c1-11-4-6-13(7-5-11)18(16,17)15-8-2-3-12(9-14)10-15/h4-7,12,16-17H,2-3,8-10,14H2,1H3. The van der Waals surface area contributed by atoms with Gasteiger partial charge in [-0.3, -0.25) is 9.11 Å². The molecule has 1 aliphatic heterocycles. The largest absolute Gasteiger partial charge is 0.330 e. The first-order valence-electron chi connectivity index (χ1n) is 6.34. The minimum atomic E-state index is -2.84. The third kappa shape index (κ3) is 2.87. The van der Waals surface area contributed by atoms with Crippen molar-refractivity contribution in [3.63, 3.8) is 0 Å². The highest BCUT2D eigenvalue weighted by atomic mass is 32.3. The molecular formula is C13H22N2O2S. The Balaban J connectivity index is 2.16. The van der Waals surface area contributed by atoms with Crippen LogP contribution in [0, 0.1) is 12.8 Å². The van der Waals surface area contributed by atoms with Gasteiger partial charge in [0.1, 0.15) is 0 Å². The van der Waals surface area contributed by atoms with Gasteiger partial charge in [0.25, 0.3) is 0 Å². The van der Waals surface area contributed by atoms with Crippen molar-refractivity contribution in [2.24, 2.45) is 11.7 Å². The topological polar surface area (TPSA) is 69.7 Å². The summed E-state index contributed by atoms with van der Waals surface area (Å²) in [6.07, 6.45) is 2.06. The van der Waals surface area contributed by atoms with Gasteiger partial charge in [0.05, 0.1) is 4.90 Å². The quantitative estimate of drug-likeness (QED) is 0.790. The van der Waals surface area contributed by atoms with Crippen LogP contribution in [0.1, 0.15) is 18.4 Å². The summed E-state index contributed by atoms with van der Waals surface area (Å²) >= 11 is 0. The fraction of sp³-hybridized carbons (Fsp3) is 0.538. The average molecular weight is 270 g/mol. The van der Waals surface area contributed by atoms with E-state index in [0.29, 0.717) is 23.9 Å². The molecule has 0 amide bonds. The summed E-state index contributed by atoms with van der Waals surface area (Å²) in [5.74, 6) is 0.371. The Labute approximate surface area is 110 Å². The number of nitrogens with zero attached hydrogens (tertiary/aromatic N) is 1. The van der Waals surface area contributed by atoms with Crippen molar-refractivity contribution in [2.75, 3.05) is 19.6 Å². The molecule has 1 heterocycles. The van der Waals surface area contributed by atoms with Gasteiger partial charge in [0.15, 0.2) is 0 Å². The summed E-state index contributed by atoms with van der Waals surface area (Å²) < 4.78 is 22.7. The summed E-state index contributed by atoms with van der Waals surface area (Å²) in [5, 5.41) is 0. The van der Waals surface area contributed by atoms with Gasteiger partial charge in [-0.2, -0.15) is 0 Å². The van der Waals surface area contributed by atoms with E-state index in [1.165, 1.54) is 0 Å². The minimum absolute atomic E-state index is 0.371. The SMILES string of the molecule is Cc1ccc(S(O)(O)N2CCCC(CN)C2)cc1. The molecule has 0 aromatic heterocycles. The van der Waals surface area contributed by atoms with Crippen molar-refractivity contribution in [1.29, 1.82) is 0 Å². The average Bonchev–Trinajstić information content (AvgIpc) is 2.39. The first kappa shape index (κ1) is 13.8. The zero-order chi connectivity index (χ0) is 13.2. The van der Waals surface area contributed by atoms with Crippen LogP contribution in [0.5, 0.6) is 0 Å². The lowest BCUT2D eigenvalue weighted by atomic mass is 10.0. The van der Waals surface area contributed by atoms with Gasteiger partial charge in [0.2, 0.25) is 0 Å². The van der Waals surface area contributed by atoms with Gasteiger partial charge in [0, 0.05) is 13.1 Å². The molecule has 1 unspecified atom stereocenters. The number of aryl methyl sites for hydroxylation is 1. The lowest BCUT2D eigenvalue weighted by Crippen LogP contribution is -2.39. The third-order valence-electron chi connectivity index (χ3n) is 3.51. The molecule has 1 aromatic carbocycles. The lowest BCUT2D eigenvalue weighted by Gasteiger charge is -2.46. The molecule has 1 atom stereocenters. The highest BCUT2D eigenvalue weighted by Gasteiger charge is 2.29. The van der Waals surface area contributed by atoms with E-state index < -0.39 is 10.8 Å². The smallest absolute Gasteiger partial charge is 0.0752 e. The van der Waals surface area contributed by atoms with Crippen LogP contribution in [0.2, 0.25) is 0 Å². The summed E-state index contributed by atoms with van der Waals surface area (Å²) in [6.45, 7) is 4.00. The van der Waals surface area contributed by atoms with Gasteiger partial charge in [-0.1, -0.05) is 17.7 Å². The number of nitrogens with two attached hydrogens (primary N) is 1. The third-order valence-corrected chi connectivity index (χ3v) is 5.47. The maximum Gasteiger partial charge on any atom is 0.0752 e. The Morgan fingerprint density at radius 1 is 1.33 bits per heavy atom. The van der Waals surface area contributed by atoms with Crippen LogP contribution in [-0.4, -0.2) is 33.0 Å². The van der Waals surface area contributed by atoms with E-state index in [9.17, 15) is 9.11 Å². The van der Waals surface area contributed by atoms with Crippen LogP contribution in [0.25, 0.3) is 0 Å². The van der Waals surface area contributed by atoms with Crippen LogP contribution < -0.4 is 5.73 Å². The zero-order valence-corrected chi connectivity index (χ0v) is 11.6. The fourth-order valence-electron chi connectivity index (χ4n) is 2.32. The van der Waals surface area contributed by atoms with Crippen molar-refractivity contribution in [3.05, 3.63) is 29.8 Å². The Hall–Kier alpha value is -0.590. The molecule has 0 aliphatic carbocycles. The van der Waals surface area contributed by atoms with E-state index in [2.05, 4.69) is 0 Å². The molecule has 5 heteroatoms. The molecule has 1 aliphatic rings. The van der Waals surface area contributed by atoms with Crippen molar-refractivity contribution in [1.82, 2.24) is 4.31 Å². The lowest BCUT2D eigenvalue weighted by molar-refractivity contribution is 0.247. The molecular weight excluding hydrogens is 248 g/mol. The molecule has 2 rings (SSSR count). The molecule has 0 radical (unpaired) electrons. The maximum absolute atomic E-state index is 10.4. The van der Waals surface area contributed by atoms with E-state index in [1.54, 1.807) is 16.4 Å². The van der Waals surface area contributed by atoms with Gasteiger partial charge < -0.3 is 5.73 Å². The van der Waals surface area contributed by atoms with Gasteiger partial charge >= 0.3 is 0 Å². The Bertz CT molecular complexity index is 394. The second-order valence-electron chi connectivity index (χ2n) is 4.96. The fourth-order valence-corrected chi connectivity index (χ4v) is 3.92. The molecule has 18 heavy (non-hydrogen) atoms. The summed E-state index contributed by atoms with van der Waals surface area (Å²) in [7, 11) is -2.84. The van der Waals surface area contributed by atoms with E-state index in [1.807, 2.05) is 19.1 Å². The molecule has 102 valence electrons. The number of benzene rings is 1. The Morgan fingerprint density at radius 2 is 2.00 bits per heavy atom. The molecule has 4 nitrogen and oxygen atoms in total. The Morgan fingerprint density at radius 3 is 2.61 bits per heavy atom. The molecule has 4 N–H and O–H groups in total. The summed E-state index contributed by atoms with van der Waals surface area (Å²) in [5.41, 5.74) is 6.80. The Kier molecular flexibility index (Phi) is 4.29. The van der Waals surface area contributed by atoms with Crippen LogP contribution in [0.3, 0.4) is 0 Å². The predicted octanol–water partition coefficient (Wildman–Crippen LogP) is 2.69. The first-order valence-corrected chi connectivity index (χ1v) is 7.84. The van der Waals surface area contributed by atoms with Gasteiger partial charge in [-0.15, -0.1) is 10.8 Å². The van der Waals surface area contributed by atoms with E-state index in [0.717, 1.165) is 24.9 Å². The minimum Gasteiger partial charge on any atom is -0.330 e. The normalized spacial score (nSPS) is 23.0. The predicted molar refractivity (Wildman–Crippen MR) is 75.6 cm³/mol. The molecule has 0 saturated carbocycles. The molecule has 0 spiro atoms. The number of hydrogen-bond acceptors (Lipinski definition) is 4. The molecule has 1 aromatic rings. The molecule has 1 saturated heterocycles. The first-order chi connectivity index (χ1) is 8.54. The highest BCUT2D eigenvalue weighted by Crippen LogP contribution is 2.52. The second kappa shape index (κ2) is 5.59. The van der Waals surface area contributed by atoms with Gasteiger partial charge in [-0.25, -0.2) is 4.31 Å². The molecule has 0 bridgehead atoms.